The van der Waals surface area contributed by atoms with Gasteiger partial charge in [0.2, 0.25) is 0 Å². The fraction of sp³-hybridized carbons (Fsp3) is 0.222. The molecule has 0 fully saturated rings. The van der Waals surface area contributed by atoms with Gasteiger partial charge in [-0.05, 0) is 22.9 Å². The van der Waals surface area contributed by atoms with E-state index in [1.807, 2.05) is 0 Å². The first-order valence-electron chi connectivity index (χ1n) is 4.31. The standard InChI is InChI=1S/C9H8BrN3O2/c1-5(9(14)15)7-2-8-11-3-6(10)4-13(8)12-7/h2-5H,1H3,(H,14,15). The summed E-state index contributed by atoms with van der Waals surface area (Å²) in [4.78, 5) is 14.9. The van der Waals surface area contributed by atoms with Crippen LogP contribution in [-0.4, -0.2) is 25.7 Å². The molecule has 1 unspecified atom stereocenters. The van der Waals surface area contributed by atoms with Crippen molar-refractivity contribution in [2.45, 2.75) is 12.8 Å². The van der Waals surface area contributed by atoms with Gasteiger partial charge in [0.05, 0.1) is 16.1 Å². The molecule has 1 N–H and O–H groups in total. The van der Waals surface area contributed by atoms with Gasteiger partial charge < -0.3 is 5.11 Å². The summed E-state index contributed by atoms with van der Waals surface area (Å²) in [5.74, 6) is -1.51. The minimum atomic E-state index is -0.891. The summed E-state index contributed by atoms with van der Waals surface area (Å²) >= 11 is 3.27. The Bertz CT molecular complexity index is 523. The smallest absolute Gasteiger partial charge is 0.312 e. The summed E-state index contributed by atoms with van der Waals surface area (Å²) in [7, 11) is 0. The zero-order valence-electron chi connectivity index (χ0n) is 7.88. The lowest BCUT2D eigenvalue weighted by molar-refractivity contribution is -0.138. The van der Waals surface area contributed by atoms with Crippen LogP contribution in [0.25, 0.3) is 5.65 Å². The third kappa shape index (κ3) is 1.85. The van der Waals surface area contributed by atoms with Gasteiger partial charge in [0.15, 0.2) is 5.65 Å². The van der Waals surface area contributed by atoms with Crippen LogP contribution in [-0.2, 0) is 4.79 Å². The summed E-state index contributed by atoms with van der Waals surface area (Å²) in [6.07, 6.45) is 3.38. The van der Waals surface area contributed by atoms with Crippen LogP contribution in [0.3, 0.4) is 0 Å². The molecule has 0 aliphatic heterocycles. The topological polar surface area (TPSA) is 67.5 Å². The van der Waals surface area contributed by atoms with Crippen LogP contribution in [0.1, 0.15) is 18.5 Å². The van der Waals surface area contributed by atoms with Crippen molar-refractivity contribution < 1.29 is 9.90 Å². The predicted octanol–water partition coefficient (Wildman–Crippen LogP) is 1.68. The number of rotatable bonds is 2. The third-order valence-corrected chi connectivity index (χ3v) is 2.52. The first-order chi connectivity index (χ1) is 7.08. The van der Waals surface area contributed by atoms with Crippen LogP contribution in [0.15, 0.2) is 22.9 Å². The highest BCUT2D eigenvalue weighted by Crippen LogP contribution is 2.16. The van der Waals surface area contributed by atoms with Crippen LogP contribution in [0.2, 0.25) is 0 Å². The molecule has 0 aromatic carbocycles. The average Bonchev–Trinajstić information content (AvgIpc) is 2.58. The Kier molecular flexibility index (Phi) is 2.44. The highest BCUT2D eigenvalue weighted by Gasteiger charge is 2.17. The van der Waals surface area contributed by atoms with Crippen molar-refractivity contribution in [2.24, 2.45) is 0 Å². The second-order valence-electron chi connectivity index (χ2n) is 3.20. The van der Waals surface area contributed by atoms with E-state index in [2.05, 4.69) is 26.0 Å². The number of carboxylic acid groups (broad SMARTS) is 1. The Labute approximate surface area is 93.9 Å². The van der Waals surface area contributed by atoms with Crippen molar-refractivity contribution in [1.29, 1.82) is 0 Å². The molecule has 0 aliphatic rings. The Hall–Kier alpha value is -1.43. The molecule has 0 spiro atoms. The fourth-order valence-electron chi connectivity index (χ4n) is 1.21. The van der Waals surface area contributed by atoms with Gasteiger partial charge in [0, 0.05) is 18.5 Å². The maximum Gasteiger partial charge on any atom is 0.312 e. The van der Waals surface area contributed by atoms with E-state index in [0.29, 0.717) is 11.3 Å². The molecule has 0 saturated heterocycles. The normalized spacial score (nSPS) is 12.9. The van der Waals surface area contributed by atoms with E-state index in [1.165, 1.54) is 0 Å². The van der Waals surface area contributed by atoms with Crippen molar-refractivity contribution in [3.8, 4) is 0 Å². The molecule has 0 radical (unpaired) electrons. The van der Waals surface area contributed by atoms with Gasteiger partial charge >= 0.3 is 5.97 Å². The van der Waals surface area contributed by atoms with Crippen LogP contribution in [0.4, 0.5) is 0 Å². The number of hydrogen-bond donors (Lipinski definition) is 1. The van der Waals surface area contributed by atoms with Gasteiger partial charge in [-0.15, -0.1) is 0 Å². The van der Waals surface area contributed by atoms with E-state index < -0.39 is 11.9 Å². The molecule has 1 atom stereocenters. The summed E-state index contributed by atoms with van der Waals surface area (Å²) in [6.45, 7) is 1.60. The molecule has 6 heteroatoms. The number of aromatic nitrogens is 3. The highest BCUT2D eigenvalue weighted by atomic mass is 79.9. The molecule has 2 aromatic heterocycles. The second-order valence-corrected chi connectivity index (χ2v) is 4.12. The largest absolute Gasteiger partial charge is 0.481 e. The average molecular weight is 270 g/mol. The Morgan fingerprint density at radius 2 is 2.40 bits per heavy atom. The minimum absolute atomic E-state index is 0.508. The van der Waals surface area contributed by atoms with Crippen LogP contribution in [0, 0.1) is 0 Å². The number of nitrogens with zero attached hydrogens (tertiary/aromatic N) is 3. The number of fused-ring (bicyclic) bond motifs is 1. The quantitative estimate of drug-likeness (QED) is 0.901. The van der Waals surface area contributed by atoms with E-state index in [9.17, 15) is 4.79 Å². The maximum atomic E-state index is 10.8. The van der Waals surface area contributed by atoms with Crippen molar-refractivity contribution in [2.75, 3.05) is 0 Å². The number of carbonyl (C=O) groups is 1. The molecule has 78 valence electrons. The number of aliphatic carboxylic acids is 1. The lowest BCUT2D eigenvalue weighted by atomic mass is 10.1. The van der Waals surface area contributed by atoms with Gasteiger partial charge in [-0.25, -0.2) is 9.50 Å². The molecule has 0 bridgehead atoms. The van der Waals surface area contributed by atoms with Crippen molar-refractivity contribution in [3.63, 3.8) is 0 Å². The lowest BCUT2D eigenvalue weighted by Crippen LogP contribution is -2.07. The predicted molar refractivity (Wildman–Crippen MR) is 56.7 cm³/mol. The Balaban J connectivity index is 2.51. The van der Waals surface area contributed by atoms with Gasteiger partial charge in [-0.3, -0.25) is 4.79 Å². The zero-order chi connectivity index (χ0) is 11.0. The second kappa shape index (κ2) is 3.62. The zero-order valence-corrected chi connectivity index (χ0v) is 9.47. The molecule has 15 heavy (non-hydrogen) atoms. The molecule has 2 aromatic rings. The third-order valence-electron chi connectivity index (χ3n) is 2.11. The minimum Gasteiger partial charge on any atom is -0.481 e. The molecular weight excluding hydrogens is 262 g/mol. The molecular formula is C9H8BrN3O2. The summed E-state index contributed by atoms with van der Waals surface area (Å²) < 4.78 is 2.35. The molecule has 0 amide bonds. The Morgan fingerprint density at radius 3 is 3.07 bits per heavy atom. The first kappa shape index (κ1) is 10.1. The number of halogens is 1. The van der Waals surface area contributed by atoms with Crippen molar-refractivity contribution in [1.82, 2.24) is 14.6 Å². The first-order valence-corrected chi connectivity index (χ1v) is 5.11. The molecule has 2 rings (SSSR count). The fourth-order valence-corrected chi connectivity index (χ4v) is 1.51. The molecule has 5 nitrogen and oxygen atoms in total. The number of hydrogen-bond acceptors (Lipinski definition) is 3. The van der Waals surface area contributed by atoms with E-state index in [1.54, 1.807) is 29.9 Å². The summed E-state index contributed by atoms with van der Waals surface area (Å²) in [5.41, 5.74) is 1.15. The Morgan fingerprint density at radius 1 is 1.67 bits per heavy atom. The van der Waals surface area contributed by atoms with Crippen molar-refractivity contribution in [3.05, 3.63) is 28.6 Å². The summed E-state index contributed by atoms with van der Waals surface area (Å²) in [6, 6.07) is 1.67. The highest BCUT2D eigenvalue weighted by molar-refractivity contribution is 9.10. The van der Waals surface area contributed by atoms with Crippen LogP contribution >= 0.6 is 15.9 Å². The number of carboxylic acids is 1. The van der Waals surface area contributed by atoms with E-state index in [0.717, 1.165) is 4.47 Å². The molecule has 0 aliphatic carbocycles. The monoisotopic (exact) mass is 269 g/mol. The molecule has 0 saturated carbocycles. The van der Waals surface area contributed by atoms with Crippen LogP contribution in [0.5, 0.6) is 0 Å². The van der Waals surface area contributed by atoms with Crippen LogP contribution < -0.4 is 0 Å². The van der Waals surface area contributed by atoms with Gasteiger partial charge in [0.25, 0.3) is 0 Å². The van der Waals surface area contributed by atoms with Gasteiger partial charge in [-0.2, -0.15) is 5.10 Å². The SMILES string of the molecule is CC(C(=O)O)c1cc2ncc(Br)cn2n1. The van der Waals surface area contributed by atoms with Crippen molar-refractivity contribution >= 4 is 27.5 Å². The van der Waals surface area contributed by atoms with E-state index in [4.69, 9.17) is 5.11 Å². The van der Waals surface area contributed by atoms with E-state index >= 15 is 0 Å². The molecule has 2 heterocycles. The lowest BCUT2D eigenvalue weighted by Gasteiger charge is -1.98. The van der Waals surface area contributed by atoms with Gasteiger partial charge in [-0.1, -0.05) is 0 Å². The maximum absolute atomic E-state index is 10.8. The van der Waals surface area contributed by atoms with Gasteiger partial charge in [0.1, 0.15) is 0 Å². The van der Waals surface area contributed by atoms with E-state index in [-0.39, 0.29) is 0 Å². The summed E-state index contributed by atoms with van der Waals surface area (Å²) in [5, 5.41) is 13.0.